The van der Waals surface area contributed by atoms with Crippen LogP contribution < -0.4 is 4.90 Å². The molecule has 1 atom stereocenters. The van der Waals surface area contributed by atoms with Crippen molar-refractivity contribution in [1.82, 2.24) is 14.5 Å². The van der Waals surface area contributed by atoms with Crippen molar-refractivity contribution in [3.63, 3.8) is 0 Å². The predicted molar refractivity (Wildman–Crippen MR) is 89.1 cm³/mol. The number of anilines is 1. The first-order valence-corrected chi connectivity index (χ1v) is 8.59. The minimum absolute atomic E-state index is 0.0487. The minimum atomic E-state index is 0.0487. The number of thiazole rings is 1. The number of nitrogens with zero attached hydrogens (tertiary/aromatic N) is 4. The van der Waals surface area contributed by atoms with Crippen LogP contribution in [0.2, 0.25) is 0 Å². The van der Waals surface area contributed by atoms with Gasteiger partial charge in [-0.25, -0.2) is 4.98 Å². The molecule has 3 rings (SSSR count). The highest BCUT2D eigenvalue weighted by atomic mass is 32.1. The predicted octanol–water partition coefficient (Wildman–Crippen LogP) is 2.89. The Morgan fingerprint density at radius 1 is 1.50 bits per heavy atom. The van der Waals surface area contributed by atoms with E-state index < -0.39 is 0 Å². The van der Waals surface area contributed by atoms with Gasteiger partial charge in [-0.05, 0) is 26.0 Å². The second kappa shape index (κ2) is 6.22. The molecule has 1 aliphatic rings. The van der Waals surface area contributed by atoms with Crippen molar-refractivity contribution in [3.05, 3.63) is 35.1 Å². The second-order valence-corrected chi connectivity index (χ2v) is 6.49. The zero-order valence-electron chi connectivity index (χ0n) is 13.3. The molecule has 0 bridgehead atoms. The van der Waals surface area contributed by atoms with E-state index in [2.05, 4.69) is 45.1 Å². The van der Waals surface area contributed by atoms with Crippen LogP contribution in [0.25, 0.3) is 0 Å². The topological polar surface area (TPSA) is 41.4 Å². The van der Waals surface area contributed by atoms with Gasteiger partial charge in [0.1, 0.15) is 0 Å². The maximum Gasteiger partial charge on any atom is 0.225 e. The third-order valence-electron chi connectivity index (χ3n) is 4.30. The maximum atomic E-state index is 11.6. The zero-order valence-corrected chi connectivity index (χ0v) is 14.1. The molecular weight excluding hydrogens is 296 g/mol. The first-order chi connectivity index (χ1) is 10.6. The minimum Gasteiger partial charge on any atom is -0.349 e. The highest BCUT2D eigenvalue weighted by molar-refractivity contribution is 7.14. The van der Waals surface area contributed by atoms with E-state index in [4.69, 9.17) is 0 Å². The molecule has 6 heteroatoms. The molecule has 2 aromatic rings. The largest absolute Gasteiger partial charge is 0.349 e. The van der Waals surface area contributed by atoms with Gasteiger partial charge in [0.05, 0.1) is 5.69 Å². The molecule has 0 spiro atoms. The Labute approximate surface area is 135 Å². The maximum absolute atomic E-state index is 11.6. The molecule has 0 N–H and O–H groups in total. The van der Waals surface area contributed by atoms with Crippen molar-refractivity contribution in [2.24, 2.45) is 0 Å². The molecule has 1 aliphatic heterocycles. The van der Waals surface area contributed by atoms with Gasteiger partial charge in [-0.15, -0.1) is 11.3 Å². The van der Waals surface area contributed by atoms with Gasteiger partial charge in [0.25, 0.3) is 0 Å². The Morgan fingerprint density at radius 2 is 2.32 bits per heavy atom. The number of fused-ring (bicyclic) bond motifs is 1. The quantitative estimate of drug-likeness (QED) is 0.870. The van der Waals surface area contributed by atoms with E-state index in [0.717, 1.165) is 30.5 Å². The number of rotatable bonds is 4. The summed E-state index contributed by atoms with van der Waals surface area (Å²) in [6, 6.07) is 4.70. The van der Waals surface area contributed by atoms with Crippen molar-refractivity contribution in [1.29, 1.82) is 0 Å². The molecule has 0 aliphatic carbocycles. The molecule has 22 heavy (non-hydrogen) atoms. The number of aromatic nitrogens is 2. The molecule has 0 radical (unpaired) electrons. The van der Waals surface area contributed by atoms with Gasteiger partial charge in [-0.3, -0.25) is 14.6 Å². The third kappa shape index (κ3) is 2.80. The molecule has 3 heterocycles. The van der Waals surface area contributed by atoms with Crippen molar-refractivity contribution < 1.29 is 4.79 Å². The highest BCUT2D eigenvalue weighted by Crippen LogP contribution is 2.28. The molecule has 5 nitrogen and oxygen atoms in total. The number of hydrogen-bond acceptors (Lipinski definition) is 4. The van der Waals surface area contributed by atoms with Gasteiger partial charge >= 0.3 is 0 Å². The first-order valence-electron chi connectivity index (χ1n) is 7.71. The van der Waals surface area contributed by atoms with Gasteiger partial charge in [-0.2, -0.15) is 0 Å². The van der Waals surface area contributed by atoms with E-state index in [1.807, 2.05) is 6.92 Å². The smallest absolute Gasteiger partial charge is 0.225 e. The fourth-order valence-electron chi connectivity index (χ4n) is 3.04. The van der Waals surface area contributed by atoms with Crippen LogP contribution in [0.3, 0.4) is 0 Å². The fourth-order valence-corrected chi connectivity index (χ4v) is 3.96. The van der Waals surface area contributed by atoms with E-state index >= 15 is 0 Å². The molecule has 0 saturated heterocycles. The standard InChI is InChI=1S/C16H22N4OS/c1-4-20(13(3)21)16-17-14(11-22-16)10-19-9-8-18-7-5-6-15(18)12(19)2/h5-7,11-12H,4,8-10H2,1-3H3. The summed E-state index contributed by atoms with van der Waals surface area (Å²) >= 11 is 1.55. The average Bonchev–Trinajstić information content (AvgIpc) is 3.12. The summed E-state index contributed by atoms with van der Waals surface area (Å²) in [5.41, 5.74) is 2.41. The number of carbonyl (C=O) groups is 1. The molecule has 118 valence electrons. The lowest BCUT2D eigenvalue weighted by atomic mass is 10.1. The van der Waals surface area contributed by atoms with E-state index in [0.29, 0.717) is 12.6 Å². The lowest BCUT2D eigenvalue weighted by molar-refractivity contribution is -0.116. The van der Waals surface area contributed by atoms with Gasteiger partial charge in [0.15, 0.2) is 5.13 Å². The zero-order chi connectivity index (χ0) is 15.7. The van der Waals surface area contributed by atoms with Crippen molar-refractivity contribution in [2.45, 2.75) is 39.9 Å². The SMILES string of the molecule is CCN(C(C)=O)c1nc(CN2CCn3cccc3C2C)cs1. The molecule has 0 fully saturated rings. The van der Waals surface area contributed by atoms with Crippen molar-refractivity contribution in [2.75, 3.05) is 18.0 Å². The Hall–Kier alpha value is -1.66. The normalized spacial score (nSPS) is 18.2. The first kappa shape index (κ1) is 15.2. The van der Waals surface area contributed by atoms with Crippen LogP contribution in [0.15, 0.2) is 23.7 Å². The molecule has 2 aromatic heterocycles. The number of amides is 1. The van der Waals surface area contributed by atoms with E-state index in [1.165, 1.54) is 5.69 Å². The van der Waals surface area contributed by atoms with E-state index in [9.17, 15) is 4.79 Å². The molecule has 1 amide bonds. The summed E-state index contributed by atoms with van der Waals surface area (Å²) in [6.07, 6.45) is 2.15. The van der Waals surface area contributed by atoms with Crippen LogP contribution in [0, 0.1) is 0 Å². The van der Waals surface area contributed by atoms with Crippen LogP contribution in [-0.2, 0) is 17.9 Å². The van der Waals surface area contributed by atoms with Crippen LogP contribution in [0.5, 0.6) is 0 Å². The van der Waals surface area contributed by atoms with Gasteiger partial charge in [0.2, 0.25) is 5.91 Å². The number of hydrogen-bond donors (Lipinski definition) is 0. The van der Waals surface area contributed by atoms with Crippen LogP contribution in [-0.4, -0.2) is 33.4 Å². The summed E-state index contributed by atoms with van der Waals surface area (Å²) in [6.45, 7) is 9.35. The fraction of sp³-hybridized carbons (Fsp3) is 0.500. The lowest BCUT2D eigenvalue weighted by Crippen LogP contribution is -2.36. The summed E-state index contributed by atoms with van der Waals surface area (Å²) < 4.78 is 2.32. The van der Waals surface area contributed by atoms with Gasteiger partial charge in [0, 0.05) is 56.4 Å². The van der Waals surface area contributed by atoms with E-state index in [-0.39, 0.29) is 5.91 Å². The number of carbonyl (C=O) groups excluding carboxylic acids is 1. The van der Waals surface area contributed by atoms with Gasteiger partial charge < -0.3 is 4.57 Å². The summed E-state index contributed by atoms with van der Waals surface area (Å²) in [5, 5.41) is 2.87. The Balaban J connectivity index is 1.72. The Kier molecular flexibility index (Phi) is 4.31. The van der Waals surface area contributed by atoms with Crippen LogP contribution >= 0.6 is 11.3 Å². The Morgan fingerprint density at radius 3 is 3.05 bits per heavy atom. The molecular formula is C16H22N4OS. The van der Waals surface area contributed by atoms with Crippen molar-refractivity contribution in [3.8, 4) is 0 Å². The summed E-state index contributed by atoms with van der Waals surface area (Å²) in [4.78, 5) is 20.4. The average molecular weight is 318 g/mol. The molecule has 1 unspecified atom stereocenters. The molecule has 0 saturated carbocycles. The second-order valence-electron chi connectivity index (χ2n) is 5.66. The highest BCUT2D eigenvalue weighted by Gasteiger charge is 2.24. The van der Waals surface area contributed by atoms with Gasteiger partial charge in [-0.1, -0.05) is 0 Å². The Bertz CT molecular complexity index is 663. The lowest BCUT2D eigenvalue weighted by Gasteiger charge is -2.34. The summed E-state index contributed by atoms with van der Waals surface area (Å²) in [7, 11) is 0. The summed E-state index contributed by atoms with van der Waals surface area (Å²) in [5.74, 6) is 0.0487. The van der Waals surface area contributed by atoms with Crippen LogP contribution in [0.4, 0.5) is 5.13 Å². The van der Waals surface area contributed by atoms with Crippen LogP contribution in [0.1, 0.15) is 38.2 Å². The monoisotopic (exact) mass is 318 g/mol. The van der Waals surface area contributed by atoms with E-state index in [1.54, 1.807) is 23.2 Å². The molecule has 0 aromatic carbocycles. The van der Waals surface area contributed by atoms with Crippen molar-refractivity contribution >= 4 is 22.4 Å². The third-order valence-corrected chi connectivity index (χ3v) is 5.21.